The predicted molar refractivity (Wildman–Crippen MR) is 187 cm³/mol. The van der Waals surface area contributed by atoms with Crippen molar-refractivity contribution in [1.82, 2.24) is 28.4 Å². The van der Waals surface area contributed by atoms with E-state index in [1.54, 1.807) is 0 Å². The Labute approximate surface area is 306 Å². The average molecular weight is 796 g/mol. The van der Waals surface area contributed by atoms with Crippen molar-refractivity contribution in [1.29, 1.82) is 0 Å². The number of amides is 1. The summed E-state index contributed by atoms with van der Waals surface area (Å²) in [6, 6.07) is 0.806. The highest BCUT2D eigenvalue weighted by atomic mass is 32.3. The second-order valence-corrected chi connectivity index (χ2v) is 18.6. The van der Waals surface area contributed by atoms with Gasteiger partial charge in [-0.15, -0.1) is 15.7 Å². The molecule has 2 aliphatic heterocycles. The smallest absolute Gasteiger partial charge is 0.347 e. The fourth-order valence-corrected chi connectivity index (χ4v) is 10.1. The summed E-state index contributed by atoms with van der Waals surface area (Å²) < 4.78 is 84.9. The van der Waals surface area contributed by atoms with Crippen LogP contribution < -0.4 is 25.0 Å². The van der Waals surface area contributed by atoms with Gasteiger partial charge in [0.25, 0.3) is 25.9 Å². The third-order valence-corrected chi connectivity index (χ3v) is 13.5. The fourth-order valence-electron chi connectivity index (χ4n) is 4.95. The normalized spacial score (nSPS) is 19.1. The van der Waals surface area contributed by atoms with Gasteiger partial charge in [-0.05, 0) is 40.3 Å². The number of esters is 2. The van der Waals surface area contributed by atoms with Crippen LogP contribution in [0, 0.1) is 0 Å². The standard InChI is InChI=1S/C29H45N7O11S4/c1-7-30-21-16-35(6)51(42,43)28-20(21)14-24(48-28)50(40,41)34-22(37)8-9-23(38)46-18(2)27(39)47-19(15-31-29(3,4)5)17-45-26-25(32-49-33-26)36-10-12-44-13-11-36/h14,18-19,21,30-31H,7-13,15-17H2,1-6H3,(H,34,37)/t18?,19?,21-/m1/s1. The SMILES string of the molecule is CCN[C@@H]1CN(C)S(=O)(=O)c2sc(S(=O)(=O)NC(=O)CCC(=O)OC(C)C(=O)OC(CNC(C)(C)C)COc3nsnc3N3CCOCC3)cc21. The molecule has 2 unspecified atom stereocenters. The lowest BCUT2D eigenvalue weighted by molar-refractivity contribution is -0.171. The number of nitrogens with one attached hydrogen (secondary N) is 3. The van der Waals surface area contributed by atoms with Crippen molar-refractivity contribution < 1.29 is 50.2 Å². The first-order chi connectivity index (χ1) is 23.9. The molecule has 1 amide bonds. The summed E-state index contributed by atoms with van der Waals surface area (Å²) in [5.41, 5.74) is -0.0118. The van der Waals surface area contributed by atoms with Gasteiger partial charge in [-0.1, -0.05) is 6.92 Å². The van der Waals surface area contributed by atoms with Gasteiger partial charge in [0.1, 0.15) is 21.1 Å². The topological polar surface area (TPSA) is 225 Å². The van der Waals surface area contributed by atoms with E-state index in [-0.39, 0.29) is 33.7 Å². The zero-order valence-electron chi connectivity index (χ0n) is 29.3. The van der Waals surface area contributed by atoms with Crippen LogP contribution >= 0.6 is 23.1 Å². The number of rotatable bonds is 16. The first-order valence-corrected chi connectivity index (χ1v) is 20.7. The lowest BCUT2D eigenvalue weighted by atomic mass is 10.1. The molecule has 0 spiro atoms. The summed E-state index contributed by atoms with van der Waals surface area (Å²) in [5, 5.41) is 6.39. The molecule has 51 heavy (non-hydrogen) atoms. The lowest BCUT2D eigenvalue weighted by Crippen LogP contribution is -2.45. The molecule has 1 saturated heterocycles. The third-order valence-electron chi connectivity index (χ3n) is 7.62. The molecule has 1 fully saturated rings. The van der Waals surface area contributed by atoms with Crippen LogP contribution in [0.25, 0.3) is 0 Å². The monoisotopic (exact) mass is 795 g/mol. The Hall–Kier alpha value is -2.99. The van der Waals surface area contributed by atoms with Gasteiger partial charge in [0, 0.05) is 56.8 Å². The van der Waals surface area contributed by atoms with Gasteiger partial charge < -0.3 is 34.5 Å². The number of thiophene rings is 1. The number of carbonyl (C=O) groups is 3. The predicted octanol–water partition coefficient (Wildman–Crippen LogP) is 0.617. The van der Waals surface area contributed by atoms with E-state index in [4.69, 9.17) is 18.9 Å². The van der Waals surface area contributed by atoms with Crippen LogP contribution in [0.15, 0.2) is 14.5 Å². The van der Waals surface area contributed by atoms with Crippen molar-refractivity contribution in [2.75, 3.05) is 64.5 Å². The first-order valence-electron chi connectivity index (χ1n) is 16.2. The highest BCUT2D eigenvalue weighted by molar-refractivity contribution is 7.94. The number of nitrogens with zero attached hydrogens (tertiary/aromatic N) is 4. The molecule has 0 saturated carbocycles. The Morgan fingerprint density at radius 1 is 1.14 bits per heavy atom. The van der Waals surface area contributed by atoms with E-state index < -0.39 is 69.0 Å². The van der Waals surface area contributed by atoms with Gasteiger partial charge in [0.15, 0.2) is 6.10 Å². The Morgan fingerprint density at radius 3 is 2.51 bits per heavy atom. The molecule has 0 aliphatic carbocycles. The molecule has 3 atom stereocenters. The summed E-state index contributed by atoms with van der Waals surface area (Å²) in [4.78, 5) is 40.1. The van der Waals surface area contributed by atoms with Crippen molar-refractivity contribution in [3.05, 3.63) is 11.6 Å². The van der Waals surface area contributed by atoms with Crippen molar-refractivity contribution >= 4 is 66.8 Å². The number of hydrogen-bond donors (Lipinski definition) is 3. The second kappa shape index (κ2) is 17.2. The van der Waals surface area contributed by atoms with Crippen molar-refractivity contribution in [3.8, 4) is 5.88 Å². The van der Waals surface area contributed by atoms with Crippen LogP contribution in [0.5, 0.6) is 5.88 Å². The Morgan fingerprint density at radius 2 is 1.84 bits per heavy atom. The number of sulfonamides is 2. The molecule has 4 rings (SSSR count). The van der Waals surface area contributed by atoms with E-state index in [0.717, 1.165) is 16.0 Å². The van der Waals surface area contributed by atoms with Crippen LogP contribution in [0.4, 0.5) is 5.82 Å². The summed E-state index contributed by atoms with van der Waals surface area (Å²) >= 11 is 1.53. The number of likely N-dealkylation sites (N-methyl/N-ethyl adjacent to an activating group) is 2. The minimum atomic E-state index is -4.46. The van der Waals surface area contributed by atoms with E-state index in [1.165, 1.54) is 20.0 Å². The quantitative estimate of drug-likeness (QED) is 0.198. The fraction of sp³-hybridized carbons (Fsp3) is 0.690. The Bertz CT molecular complexity index is 1750. The number of hydrogen-bond acceptors (Lipinski definition) is 18. The Kier molecular flexibility index (Phi) is 13.8. The number of ether oxygens (including phenoxy) is 4. The molecule has 0 radical (unpaired) electrons. The number of fused-ring (bicyclic) bond motifs is 1. The number of carbonyl (C=O) groups excluding carboxylic acids is 3. The van der Waals surface area contributed by atoms with Gasteiger partial charge in [-0.2, -0.15) is 8.68 Å². The van der Waals surface area contributed by atoms with Crippen molar-refractivity contribution in [2.45, 2.75) is 79.7 Å². The summed E-state index contributed by atoms with van der Waals surface area (Å²) in [6.07, 6.45) is -3.28. The van der Waals surface area contributed by atoms with E-state index in [2.05, 4.69) is 19.4 Å². The molecule has 286 valence electrons. The minimum absolute atomic E-state index is 0.0709. The minimum Gasteiger partial charge on any atom is -0.470 e. The molecular formula is C29H45N7O11S4. The van der Waals surface area contributed by atoms with Gasteiger partial charge in [0.2, 0.25) is 11.7 Å². The van der Waals surface area contributed by atoms with Crippen molar-refractivity contribution in [2.24, 2.45) is 0 Å². The lowest BCUT2D eigenvalue weighted by Gasteiger charge is -2.29. The van der Waals surface area contributed by atoms with Crippen LogP contribution in [0.1, 0.15) is 59.1 Å². The highest BCUT2D eigenvalue weighted by Crippen LogP contribution is 2.39. The second-order valence-electron chi connectivity index (χ2n) is 12.9. The van der Waals surface area contributed by atoms with Crippen LogP contribution in [0.2, 0.25) is 0 Å². The summed E-state index contributed by atoms with van der Waals surface area (Å²) in [6.45, 7) is 12.1. The molecule has 2 aliphatic rings. The third kappa shape index (κ3) is 11.0. The van der Waals surface area contributed by atoms with E-state index in [1.807, 2.05) is 37.3 Å². The molecule has 4 heterocycles. The Balaban J connectivity index is 1.30. The van der Waals surface area contributed by atoms with E-state index in [9.17, 15) is 31.2 Å². The number of anilines is 1. The molecule has 0 aromatic carbocycles. The first kappa shape index (κ1) is 40.8. The molecule has 0 bridgehead atoms. The maximum atomic E-state index is 13.0. The molecule has 3 N–H and O–H groups in total. The van der Waals surface area contributed by atoms with E-state index >= 15 is 0 Å². The van der Waals surface area contributed by atoms with Gasteiger partial charge in [-0.25, -0.2) is 26.4 Å². The number of aromatic nitrogens is 2. The number of morpholine rings is 1. The molecule has 2 aromatic rings. The van der Waals surface area contributed by atoms with Crippen LogP contribution in [-0.4, -0.2) is 125 Å². The molecule has 2 aromatic heterocycles. The van der Waals surface area contributed by atoms with Crippen molar-refractivity contribution in [3.63, 3.8) is 0 Å². The average Bonchev–Trinajstić information content (AvgIpc) is 3.73. The molecular weight excluding hydrogens is 751 g/mol. The van der Waals surface area contributed by atoms with Gasteiger partial charge in [0.05, 0.1) is 31.4 Å². The van der Waals surface area contributed by atoms with Crippen LogP contribution in [-0.2, 0) is 48.6 Å². The zero-order valence-corrected chi connectivity index (χ0v) is 32.6. The summed E-state index contributed by atoms with van der Waals surface area (Å²) in [5.74, 6) is -1.94. The molecule has 22 heteroatoms. The largest absolute Gasteiger partial charge is 0.470 e. The zero-order chi connectivity index (χ0) is 37.6. The maximum Gasteiger partial charge on any atom is 0.347 e. The van der Waals surface area contributed by atoms with Crippen LogP contribution in [0.3, 0.4) is 0 Å². The molecule has 18 nitrogen and oxygen atoms in total. The maximum absolute atomic E-state index is 13.0. The van der Waals surface area contributed by atoms with Gasteiger partial charge in [-0.3, -0.25) is 9.59 Å². The van der Waals surface area contributed by atoms with E-state index in [0.29, 0.717) is 61.4 Å². The highest BCUT2D eigenvalue weighted by Gasteiger charge is 2.39. The summed E-state index contributed by atoms with van der Waals surface area (Å²) in [7, 11) is -6.96. The van der Waals surface area contributed by atoms with Gasteiger partial charge >= 0.3 is 11.9 Å².